The number of esters is 3. The molecule has 2 fully saturated rings. The molecule has 2 aliphatic rings. The zero-order valence-corrected chi connectivity index (χ0v) is 24.5. The fraction of sp³-hybridized carbons (Fsp3) is 0.690. The maximum atomic E-state index is 13.3. The number of aromatic nitrogens is 1. The van der Waals surface area contributed by atoms with Gasteiger partial charge in [0.2, 0.25) is 6.79 Å². The van der Waals surface area contributed by atoms with Crippen LogP contribution in [0.5, 0.6) is 11.5 Å². The van der Waals surface area contributed by atoms with E-state index in [9.17, 15) is 19.2 Å². The minimum atomic E-state index is -1.01. The molecular weight excluding hydrogens is 536 g/mol. The SMILES string of the molecule is COc1ccnc(C(=O)NC2CCC[C@H](OC(=O)C3CCCC3)[C@@H](OCC(C)C)[C@H](C)OC2=O)c1OCOC(C)=O. The van der Waals surface area contributed by atoms with E-state index < -0.39 is 49.0 Å². The van der Waals surface area contributed by atoms with Crippen molar-refractivity contribution in [2.24, 2.45) is 11.8 Å². The number of carbonyl (C=O) groups is 4. The van der Waals surface area contributed by atoms with Gasteiger partial charge in [0.05, 0.1) is 13.0 Å². The number of pyridine rings is 1. The fourth-order valence-corrected chi connectivity index (χ4v) is 4.94. The number of hydrogen-bond donors (Lipinski definition) is 1. The summed E-state index contributed by atoms with van der Waals surface area (Å²) in [6.45, 7) is 6.89. The lowest BCUT2D eigenvalue weighted by Gasteiger charge is -2.32. The average molecular weight is 579 g/mol. The predicted octanol–water partition coefficient (Wildman–Crippen LogP) is 3.35. The summed E-state index contributed by atoms with van der Waals surface area (Å²) in [5.74, 6) is -1.89. The van der Waals surface area contributed by atoms with Gasteiger partial charge in [0.25, 0.3) is 5.91 Å². The summed E-state index contributed by atoms with van der Waals surface area (Å²) < 4.78 is 33.4. The van der Waals surface area contributed by atoms with Crippen LogP contribution < -0.4 is 14.8 Å². The number of rotatable bonds is 11. The molecule has 41 heavy (non-hydrogen) atoms. The fourth-order valence-electron chi connectivity index (χ4n) is 4.94. The Morgan fingerprint density at radius 1 is 1.12 bits per heavy atom. The Balaban J connectivity index is 1.76. The van der Waals surface area contributed by atoms with E-state index in [1.54, 1.807) is 6.92 Å². The first kappa shape index (κ1) is 32.1. The van der Waals surface area contributed by atoms with Gasteiger partial charge in [-0.1, -0.05) is 26.7 Å². The van der Waals surface area contributed by atoms with Crippen molar-refractivity contribution in [3.05, 3.63) is 18.0 Å². The van der Waals surface area contributed by atoms with Gasteiger partial charge in [-0.25, -0.2) is 9.78 Å². The lowest BCUT2D eigenvalue weighted by molar-refractivity contribution is -0.178. The second-order valence-corrected chi connectivity index (χ2v) is 10.8. The molecule has 0 aromatic carbocycles. The summed E-state index contributed by atoms with van der Waals surface area (Å²) in [6, 6.07) is 0.481. The first-order chi connectivity index (χ1) is 19.6. The van der Waals surface area contributed by atoms with E-state index in [0.717, 1.165) is 25.7 Å². The van der Waals surface area contributed by atoms with Crippen molar-refractivity contribution in [1.29, 1.82) is 0 Å². The number of hydrogen-bond acceptors (Lipinski definition) is 11. The first-order valence-corrected chi connectivity index (χ1v) is 14.2. The molecule has 0 radical (unpaired) electrons. The van der Waals surface area contributed by atoms with Crippen LogP contribution in [0.2, 0.25) is 0 Å². The molecule has 4 atom stereocenters. The van der Waals surface area contributed by atoms with Crippen LogP contribution >= 0.6 is 0 Å². The zero-order valence-electron chi connectivity index (χ0n) is 24.5. The molecule has 1 aromatic rings. The standard InChI is InChI=1S/C29H42N2O10/c1-17(2)15-37-25-18(3)40-29(35)21(11-8-12-23(25)41-28(34)20-9-6-7-10-20)31-27(33)24-26(39-16-38-19(4)32)22(36-5)13-14-30-24/h13-14,17-18,20-21,23,25H,6-12,15-16H2,1-5H3,(H,31,33)/t18-,21?,23-,25-/m0/s1. The highest BCUT2D eigenvalue weighted by molar-refractivity contribution is 5.98. The molecule has 1 saturated heterocycles. The van der Waals surface area contributed by atoms with Gasteiger partial charge in [0.1, 0.15) is 24.4 Å². The summed E-state index contributed by atoms with van der Waals surface area (Å²) >= 11 is 0. The topological polar surface area (TPSA) is 149 Å². The van der Waals surface area contributed by atoms with Gasteiger partial charge in [-0.2, -0.15) is 0 Å². The summed E-state index contributed by atoms with van der Waals surface area (Å²) in [7, 11) is 1.39. The van der Waals surface area contributed by atoms with Crippen LogP contribution in [0.15, 0.2) is 12.3 Å². The maximum Gasteiger partial charge on any atom is 0.329 e. The van der Waals surface area contributed by atoms with E-state index in [-0.39, 0.29) is 41.4 Å². The summed E-state index contributed by atoms with van der Waals surface area (Å²) in [5.41, 5.74) is -0.154. The predicted molar refractivity (Wildman–Crippen MR) is 145 cm³/mol. The van der Waals surface area contributed by atoms with Gasteiger partial charge >= 0.3 is 17.9 Å². The Morgan fingerprint density at radius 3 is 2.51 bits per heavy atom. The molecule has 1 N–H and O–H groups in total. The second-order valence-electron chi connectivity index (χ2n) is 10.8. The van der Waals surface area contributed by atoms with Crippen LogP contribution in [0, 0.1) is 11.8 Å². The molecule has 1 unspecified atom stereocenters. The Kier molecular flexibility index (Phi) is 12.2. The number of nitrogens with one attached hydrogen (secondary N) is 1. The molecule has 228 valence electrons. The molecule has 2 heterocycles. The van der Waals surface area contributed by atoms with E-state index in [4.69, 9.17) is 28.4 Å². The molecule has 0 bridgehead atoms. The highest BCUT2D eigenvalue weighted by atomic mass is 16.7. The number of ether oxygens (including phenoxy) is 6. The Morgan fingerprint density at radius 2 is 1.85 bits per heavy atom. The lowest BCUT2D eigenvalue weighted by Crippen LogP contribution is -2.46. The number of cyclic esters (lactones) is 1. The molecule has 1 aliphatic heterocycles. The van der Waals surface area contributed by atoms with Crippen LogP contribution in [0.4, 0.5) is 0 Å². The quantitative estimate of drug-likeness (QED) is 0.234. The van der Waals surface area contributed by atoms with Gasteiger partial charge in [-0.15, -0.1) is 0 Å². The molecule has 3 rings (SSSR count). The van der Waals surface area contributed by atoms with E-state index in [0.29, 0.717) is 19.4 Å². The summed E-state index contributed by atoms with van der Waals surface area (Å²) in [4.78, 5) is 54.7. The number of methoxy groups -OCH3 is 1. The van der Waals surface area contributed by atoms with Crippen molar-refractivity contribution in [3.8, 4) is 11.5 Å². The van der Waals surface area contributed by atoms with Gasteiger partial charge < -0.3 is 33.7 Å². The van der Waals surface area contributed by atoms with Crippen LogP contribution in [0.25, 0.3) is 0 Å². The monoisotopic (exact) mass is 578 g/mol. The van der Waals surface area contributed by atoms with Gasteiger partial charge in [-0.3, -0.25) is 14.4 Å². The van der Waals surface area contributed by atoms with Crippen molar-refractivity contribution >= 4 is 23.8 Å². The van der Waals surface area contributed by atoms with Crippen molar-refractivity contribution in [3.63, 3.8) is 0 Å². The third kappa shape index (κ3) is 9.31. The van der Waals surface area contributed by atoms with Crippen molar-refractivity contribution < 1.29 is 47.6 Å². The normalized spacial score (nSPS) is 23.5. The number of amides is 1. The molecule has 1 saturated carbocycles. The third-order valence-corrected chi connectivity index (χ3v) is 7.05. The highest BCUT2D eigenvalue weighted by Crippen LogP contribution is 2.31. The van der Waals surface area contributed by atoms with E-state index >= 15 is 0 Å². The Hall–Kier alpha value is -3.41. The number of carbonyl (C=O) groups excluding carboxylic acids is 4. The van der Waals surface area contributed by atoms with E-state index in [1.165, 1.54) is 26.3 Å². The Bertz CT molecular complexity index is 1060. The van der Waals surface area contributed by atoms with E-state index in [2.05, 4.69) is 10.3 Å². The van der Waals surface area contributed by atoms with Gasteiger partial charge in [0.15, 0.2) is 17.2 Å². The first-order valence-electron chi connectivity index (χ1n) is 14.2. The third-order valence-electron chi connectivity index (χ3n) is 7.05. The smallest absolute Gasteiger partial charge is 0.329 e. The second kappa shape index (κ2) is 15.6. The van der Waals surface area contributed by atoms with Crippen molar-refractivity contribution in [1.82, 2.24) is 10.3 Å². The van der Waals surface area contributed by atoms with Gasteiger partial charge in [0, 0.05) is 25.8 Å². The summed E-state index contributed by atoms with van der Waals surface area (Å²) in [6.07, 6.45) is 4.13. The molecule has 12 nitrogen and oxygen atoms in total. The van der Waals surface area contributed by atoms with E-state index in [1.807, 2.05) is 13.8 Å². The lowest BCUT2D eigenvalue weighted by atomic mass is 10.0. The Labute approximate surface area is 240 Å². The van der Waals surface area contributed by atoms with Crippen LogP contribution in [-0.4, -0.2) is 73.7 Å². The number of nitrogens with zero attached hydrogens (tertiary/aromatic N) is 1. The van der Waals surface area contributed by atoms with Gasteiger partial charge in [-0.05, 0) is 44.9 Å². The van der Waals surface area contributed by atoms with Crippen LogP contribution in [-0.2, 0) is 33.3 Å². The van der Waals surface area contributed by atoms with Crippen molar-refractivity contribution in [2.75, 3.05) is 20.5 Å². The molecule has 1 amide bonds. The van der Waals surface area contributed by atoms with Crippen LogP contribution in [0.1, 0.15) is 83.1 Å². The highest BCUT2D eigenvalue weighted by Gasteiger charge is 2.38. The molecule has 12 heteroatoms. The molecule has 1 aliphatic carbocycles. The molecular formula is C29H42N2O10. The minimum Gasteiger partial charge on any atom is -0.493 e. The average Bonchev–Trinajstić information content (AvgIpc) is 3.47. The summed E-state index contributed by atoms with van der Waals surface area (Å²) in [5, 5.41) is 2.69. The maximum absolute atomic E-state index is 13.3. The van der Waals surface area contributed by atoms with Crippen LogP contribution in [0.3, 0.4) is 0 Å². The van der Waals surface area contributed by atoms with Crippen molar-refractivity contribution in [2.45, 2.75) is 97.0 Å². The largest absolute Gasteiger partial charge is 0.493 e. The zero-order chi connectivity index (χ0) is 29.9. The molecule has 0 spiro atoms. The minimum absolute atomic E-state index is 0.0420. The molecule has 1 aromatic heterocycles.